The van der Waals surface area contributed by atoms with Crippen LogP contribution in [0.15, 0.2) is 22.7 Å². The van der Waals surface area contributed by atoms with Gasteiger partial charge in [0.15, 0.2) is 0 Å². The second kappa shape index (κ2) is 4.62. The van der Waals surface area contributed by atoms with Crippen LogP contribution in [0.4, 0.5) is 5.69 Å². The standard InChI is InChI=1S/C13H14BrN3O/c1-13(2)12(18)16-6-7-17(13)11-5-3-4-10(14)9(11)8-15/h3-5H,6-7H2,1-2H3,(H,16,18). The summed E-state index contributed by atoms with van der Waals surface area (Å²) in [6.45, 7) is 5.02. The van der Waals surface area contributed by atoms with E-state index in [2.05, 4.69) is 27.3 Å². The molecular weight excluding hydrogens is 294 g/mol. The lowest BCUT2D eigenvalue weighted by Gasteiger charge is -2.43. The van der Waals surface area contributed by atoms with Crippen LogP contribution >= 0.6 is 15.9 Å². The maximum Gasteiger partial charge on any atom is 0.245 e. The van der Waals surface area contributed by atoms with Crippen molar-refractivity contribution >= 4 is 27.5 Å². The van der Waals surface area contributed by atoms with Crippen LogP contribution in [-0.2, 0) is 4.79 Å². The molecule has 1 aliphatic rings. The molecule has 0 aromatic heterocycles. The minimum absolute atomic E-state index is 0.0161. The number of anilines is 1. The molecule has 1 aliphatic heterocycles. The van der Waals surface area contributed by atoms with Crippen LogP contribution in [0, 0.1) is 11.3 Å². The summed E-state index contributed by atoms with van der Waals surface area (Å²) in [5.74, 6) is -0.0161. The molecule has 0 atom stereocenters. The van der Waals surface area contributed by atoms with Crippen LogP contribution in [-0.4, -0.2) is 24.5 Å². The van der Waals surface area contributed by atoms with Gasteiger partial charge in [0.25, 0.3) is 0 Å². The number of carbonyl (C=O) groups excluding carboxylic acids is 1. The maximum atomic E-state index is 11.9. The number of amides is 1. The highest BCUT2D eigenvalue weighted by Gasteiger charge is 2.38. The van der Waals surface area contributed by atoms with Crippen molar-refractivity contribution in [1.82, 2.24) is 5.32 Å². The predicted octanol–water partition coefficient (Wildman–Crippen LogP) is 2.04. The van der Waals surface area contributed by atoms with E-state index in [0.29, 0.717) is 18.7 Å². The summed E-state index contributed by atoms with van der Waals surface area (Å²) in [7, 11) is 0. The highest BCUT2D eigenvalue weighted by Crippen LogP contribution is 2.32. The van der Waals surface area contributed by atoms with Gasteiger partial charge in [0.2, 0.25) is 5.91 Å². The third kappa shape index (κ3) is 1.97. The average Bonchev–Trinajstić information content (AvgIpc) is 2.32. The van der Waals surface area contributed by atoms with Gasteiger partial charge in [0.1, 0.15) is 11.6 Å². The Morgan fingerprint density at radius 3 is 2.89 bits per heavy atom. The number of nitrogens with one attached hydrogen (secondary N) is 1. The van der Waals surface area contributed by atoms with Crippen molar-refractivity contribution in [3.63, 3.8) is 0 Å². The molecular formula is C13H14BrN3O. The number of carbonyl (C=O) groups is 1. The Kier molecular flexibility index (Phi) is 3.31. The van der Waals surface area contributed by atoms with Gasteiger partial charge in [-0.25, -0.2) is 0 Å². The number of halogens is 1. The minimum Gasteiger partial charge on any atom is -0.355 e. The van der Waals surface area contributed by atoms with Gasteiger partial charge >= 0.3 is 0 Å². The van der Waals surface area contributed by atoms with Gasteiger partial charge in [-0.2, -0.15) is 5.26 Å². The normalized spacial score (nSPS) is 18.1. The first kappa shape index (κ1) is 12.9. The Morgan fingerprint density at radius 1 is 1.50 bits per heavy atom. The smallest absolute Gasteiger partial charge is 0.245 e. The topological polar surface area (TPSA) is 56.1 Å². The lowest BCUT2D eigenvalue weighted by atomic mass is 9.97. The third-order valence-corrected chi connectivity index (χ3v) is 3.91. The highest BCUT2D eigenvalue weighted by atomic mass is 79.9. The van der Waals surface area contributed by atoms with E-state index in [1.165, 1.54) is 0 Å². The average molecular weight is 308 g/mol. The first-order chi connectivity index (χ1) is 8.48. The van der Waals surface area contributed by atoms with Gasteiger partial charge in [-0.1, -0.05) is 6.07 Å². The number of hydrogen-bond acceptors (Lipinski definition) is 3. The van der Waals surface area contributed by atoms with Crippen molar-refractivity contribution in [3.8, 4) is 6.07 Å². The van der Waals surface area contributed by atoms with E-state index in [9.17, 15) is 10.1 Å². The molecule has 0 radical (unpaired) electrons. The number of nitrogens with zero attached hydrogens (tertiary/aromatic N) is 2. The van der Waals surface area contributed by atoms with Crippen molar-refractivity contribution in [3.05, 3.63) is 28.2 Å². The molecule has 18 heavy (non-hydrogen) atoms. The van der Waals surface area contributed by atoms with E-state index in [4.69, 9.17) is 0 Å². The summed E-state index contributed by atoms with van der Waals surface area (Å²) >= 11 is 3.38. The fourth-order valence-corrected chi connectivity index (χ4v) is 2.61. The van der Waals surface area contributed by atoms with Gasteiger partial charge in [-0.15, -0.1) is 0 Å². The van der Waals surface area contributed by atoms with Crippen LogP contribution < -0.4 is 10.2 Å². The Bertz CT molecular complexity index is 534. The first-order valence-electron chi connectivity index (χ1n) is 5.73. The van der Waals surface area contributed by atoms with Crippen LogP contribution in [0.1, 0.15) is 19.4 Å². The molecule has 1 N–H and O–H groups in total. The Morgan fingerprint density at radius 2 is 2.22 bits per heavy atom. The van der Waals surface area contributed by atoms with E-state index < -0.39 is 5.54 Å². The molecule has 1 aromatic rings. The molecule has 0 bridgehead atoms. The van der Waals surface area contributed by atoms with Crippen LogP contribution in [0.2, 0.25) is 0 Å². The van der Waals surface area contributed by atoms with Crippen molar-refractivity contribution < 1.29 is 4.79 Å². The van der Waals surface area contributed by atoms with Gasteiger partial charge in [0, 0.05) is 17.6 Å². The fraction of sp³-hybridized carbons (Fsp3) is 0.385. The summed E-state index contributed by atoms with van der Waals surface area (Å²) in [5, 5.41) is 12.1. The zero-order valence-corrected chi connectivity index (χ0v) is 11.9. The van der Waals surface area contributed by atoms with Gasteiger partial charge in [-0.05, 0) is 41.9 Å². The van der Waals surface area contributed by atoms with Crippen molar-refractivity contribution in [1.29, 1.82) is 5.26 Å². The number of piperazine rings is 1. The molecule has 1 saturated heterocycles. The lowest BCUT2D eigenvalue weighted by molar-refractivity contribution is -0.126. The summed E-state index contributed by atoms with van der Waals surface area (Å²) in [5.41, 5.74) is 0.719. The maximum absolute atomic E-state index is 11.9. The second-order valence-electron chi connectivity index (χ2n) is 4.71. The summed E-state index contributed by atoms with van der Waals surface area (Å²) in [6.07, 6.45) is 0. The van der Waals surface area contributed by atoms with Crippen LogP contribution in [0.3, 0.4) is 0 Å². The first-order valence-corrected chi connectivity index (χ1v) is 6.52. The van der Waals surface area contributed by atoms with Crippen molar-refractivity contribution in [2.24, 2.45) is 0 Å². The lowest BCUT2D eigenvalue weighted by Crippen LogP contribution is -2.62. The van der Waals surface area contributed by atoms with Crippen molar-refractivity contribution in [2.75, 3.05) is 18.0 Å². The van der Waals surface area contributed by atoms with E-state index in [-0.39, 0.29) is 5.91 Å². The summed E-state index contributed by atoms with van der Waals surface area (Å²) < 4.78 is 0.754. The molecule has 4 nitrogen and oxygen atoms in total. The molecule has 0 unspecified atom stereocenters. The summed E-state index contributed by atoms with van der Waals surface area (Å²) in [6, 6.07) is 7.78. The molecule has 1 aromatic carbocycles. The molecule has 5 heteroatoms. The Hall–Kier alpha value is -1.54. The van der Waals surface area contributed by atoms with Gasteiger partial charge in [-0.3, -0.25) is 4.79 Å². The van der Waals surface area contributed by atoms with Crippen LogP contribution in [0.5, 0.6) is 0 Å². The van der Waals surface area contributed by atoms with E-state index in [0.717, 1.165) is 10.2 Å². The minimum atomic E-state index is -0.648. The zero-order chi connectivity index (χ0) is 13.3. The molecule has 0 spiro atoms. The summed E-state index contributed by atoms with van der Waals surface area (Å²) in [4.78, 5) is 13.9. The monoisotopic (exact) mass is 307 g/mol. The van der Waals surface area contributed by atoms with Crippen molar-refractivity contribution in [2.45, 2.75) is 19.4 Å². The molecule has 1 fully saturated rings. The number of hydrogen-bond donors (Lipinski definition) is 1. The fourth-order valence-electron chi connectivity index (χ4n) is 2.17. The second-order valence-corrected chi connectivity index (χ2v) is 5.57. The van der Waals surface area contributed by atoms with Gasteiger partial charge in [0.05, 0.1) is 11.3 Å². The molecule has 1 heterocycles. The largest absolute Gasteiger partial charge is 0.355 e. The van der Waals surface area contributed by atoms with E-state index in [1.807, 2.05) is 36.9 Å². The number of benzene rings is 1. The SMILES string of the molecule is CC1(C)C(=O)NCCN1c1cccc(Br)c1C#N. The highest BCUT2D eigenvalue weighted by molar-refractivity contribution is 9.10. The molecule has 2 rings (SSSR count). The van der Waals surface area contributed by atoms with E-state index >= 15 is 0 Å². The predicted molar refractivity (Wildman–Crippen MR) is 73.3 cm³/mol. The third-order valence-electron chi connectivity index (χ3n) is 3.25. The Labute approximate surface area is 115 Å². The zero-order valence-electron chi connectivity index (χ0n) is 10.3. The number of nitriles is 1. The van der Waals surface area contributed by atoms with Crippen LogP contribution in [0.25, 0.3) is 0 Å². The molecule has 0 aliphatic carbocycles. The van der Waals surface area contributed by atoms with Gasteiger partial charge < -0.3 is 10.2 Å². The molecule has 94 valence electrons. The number of rotatable bonds is 1. The quantitative estimate of drug-likeness (QED) is 0.864. The van der Waals surface area contributed by atoms with E-state index in [1.54, 1.807) is 0 Å². The molecule has 1 amide bonds. The molecule has 0 saturated carbocycles. The Balaban J connectivity index is 2.52.